The number of rotatable bonds is 8. The lowest BCUT2D eigenvalue weighted by Crippen LogP contribution is -2.43. The van der Waals surface area contributed by atoms with Gasteiger partial charge in [0.05, 0.1) is 0 Å². The fraction of sp³-hybridized carbons (Fsp3) is 0.464. The number of fused-ring (bicyclic) bond motifs is 1. The van der Waals surface area contributed by atoms with Crippen LogP contribution in [0.5, 0.6) is 0 Å². The predicted molar refractivity (Wildman–Crippen MR) is 135 cm³/mol. The van der Waals surface area contributed by atoms with Crippen LogP contribution >= 0.6 is 0 Å². The maximum atomic E-state index is 15.4. The Morgan fingerprint density at radius 1 is 1.14 bits per heavy atom. The molecule has 2 unspecified atom stereocenters. The minimum absolute atomic E-state index is 0.0801. The molecule has 7 heteroatoms. The number of halogens is 2. The lowest BCUT2D eigenvalue weighted by molar-refractivity contribution is -0.123. The Balaban J connectivity index is 1.53. The van der Waals surface area contributed by atoms with E-state index in [2.05, 4.69) is 14.9 Å². The van der Waals surface area contributed by atoms with Crippen molar-refractivity contribution in [3.05, 3.63) is 64.5 Å². The fourth-order valence-electron chi connectivity index (χ4n) is 5.32. The van der Waals surface area contributed by atoms with Crippen LogP contribution in [0.4, 0.5) is 14.6 Å². The van der Waals surface area contributed by atoms with E-state index in [1.807, 2.05) is 32.0 Å². The molecule has 2 atom stereocenters. The summed E-state index contributed by atoms with van der Waals surface area (Å²) in [5.41, 5.74) is 9.24. The van der Waals surface area contributed by atoms with Crippen LogP contribution < -0.4 is 5.73 Å². The number of carbonyl (C=O) groups is 1. The predicted octanol–water partition coefficient (Wildman–Crippen LogP) is 5.24. The number of nitrogens with zero attached hydrogens (tertiary/aromatic N) is 3. The molecule has 1 saturated heterocycles. The number of likely N-dealkylation sites (tertiary alicyclic amines) is 1. The van der Waals surface area contributed by atoms with Crippen molar-refractivity contribution in [2.75, 3.05) is 25.4 Å². The molecule has 3 aromatic rings. The number of nitrogens with two attached hydrogens (primary N) is 1. The second-order valence-electron chi connectivity index (χ2n) is 9.54. The number of piperidine rings is 1. The summed E-state index contributed by atoms with van der Waals surface area (Å²) in [6.45, 7) is 7.80. The first kappa shape index (κ1) is 25.2. The number of nitrogen functional groups attached to an aromatic ring is 1. The van der Waals surface area contributed by atoms with Crippen molar-refractivity contribution in [3.63, 3.8) is 0 Å². The van der Waals surface area contributed by atoms with Gasteiger partial charge in [0.2, 0.25) is 0 Å². The van der Waals surface area contributed by atoms with E-state index in [0.29, 0.717) is 42.6 Å². The number of Topliss-reactive ketones (excluding diaryl/α,β-unsaturated/α-hetero) is 1. The van der Waals surface area contributed by atoms with E-state index in [1.54, 1.807) is 6.92 Å². The molecule has 1 aromatic heterocycles. The number of carbonyl (C=O) groups excluding carboxylic acids is 1. The van der Waals surface area contributed by atoms with Crippen LogP contribution in [0.3, 0.4) is 0 Å². The summed E-state index contributed by atoms with van der Waals surface area (Å²) in [5, 5.41) is 0.540. The number of aromatic nitrogens is 2. The monoisotopic (exact) mass is 480 g/mol. The maximum Gasteiger partial charge on any atom is 0.153 e. The highest BCUT2D eigenvalue weighted by Gasteiger charge is 2.35. The molecule has 0 amide bonds. The molecule has 0 saturated carbocycles. The lowest BCUT2D eigenvalue weighted by atomic mass is 9.82. The Morgan fingerprint density at radius 3 is 2.54 bits per heavy atom. The van der Waals surface area contributed by atoms with E-state index in [-0.39, 0.29) is 40.6 Å². The van der Waals surface area contributed by atoms with Crippen LogP contribution in [-0.4, -0.2) is 40.3 Å². The first-order valence-electron chi connectivity index (χ1n) is 12.6. The first-order valence-corrected chi connectivity index (χ1v) is 12.6. The van der Waals surface area contributed by atoms with E-state index < -0.39 is 0 Å². The Hall–Kier alpha value is -2.93. The summed E-state index contributed by atoms with van der Waals surface area (Å²) >= 11 is 0. The molecule has 4 rings (SSSR count). The Morgan fingerprint density at radius 2 is 1.89 bits per heavy atom. The van der Waals surface area contributed by atoms with Crippen molar-refractivity contribution in [2.24, 2.45) is 5.92 Å². The second kappa shape index (κ2) is 10.8. The largest absolute Gasteiger partial charge is 0.383 e. The van der Waals surface area contributed by atoms with Crippen molar-refractivity contribution < 1.29 is 13.6 Å². The third-order valence-corrected chi connectivity index (χ3v) is 7.31. The van der Waals surface area contributed by atoms with Gasteiger partial charge in [-0.1, -0.05) is 26.0 Å². The molecule has 1 aliphatic rings. The van der Waals surface area contributed by atoms with Gasteiger partial charge in [-0.05, 0) is 87.0 Å². The number of ketones is 1. The zero-order valence-electron chi connectivity index (χ0n) is 20.8. The van der Waals surface area contributed by atoms with Gasteiger partial charge in [-0.2, -0.15) is 0 Å². The molecule has 186 valence electrons. The van der Waals surface area contributed by atoms with E-state index in [9.17, 15) is 9.18 Å². The number of anilines is 1. The number of aryl methyl sites for hydroxylation is 2. The summed E-state index contributed by atoms with van der Waals surface area (Å²) in [6, 6.07) is 8.50. The van der Waals surface area contributed by atoms with Crippen LogP contribution in [-0.2, 0) is 24.1 Å². The van der Waals surface area contributed by atoms with Gasteiger partial charge in [0.15, 0.2) is 5.82 Å². The maximum absolute atomic E-state index is 15.4. The van der Waals surface area contributed by atoms with Gasteiger partial charge < -0.3 is 10.6 Å². The molecule has 1 aliphatic heterocycles. The van der Waals surface area contributed by atoms with Gasteiger partial charge in [-0.25, -0.2) is 18.7 Å². The summed E-state index contributed by atoms with van der Waals surface area (Å²) in [5.74, 6) is -0.200. The van der Waals surface area contributed by atoms with Crippen LogP contribution in [0, 0.1) is 17.6 Å². The number of benzene rings is 2. The highest BCUT2D eigenvalue weighted by Crippen LogP contribution is 2.35. The van der Waals surface area contributed by atoms with Crippen molar-refractivity contribution >= 4 is 22.5 Å². The van der Waals surface area contributed by atoms with Gasteiger partial charge in [0, 0.05) is 23.8 Å². The molecule has 2 aromatic carbocycles. The number of hydrogen-bond acceptors (Lipinski definition) is 5. The molecule has 0 bridgehead atoms. The van der Waals surface area contributed by atoms with Gasteiger partial charge in [-0.15, -0.1) is 0 Å². The van der Waals surface area contributed by atoms with Crippen molar-refractivity contribution in [1.82, 2.24) is 14.9 Å². The van der Waals surface area contributed by atoms with E-state index in [0.717, 1.165) is 37.1 Å². The van der Waals surface area contributed by atoms with Crippen molar-refractivity contribution in [1.29, 1.82) is 0 Å². The van der Waals surface area contributed by atoms with Gasteiger partial charge in [0.25, 0.3) is 0 Å². The normalized spacial score (nSPS) is 18.8. The van der Waals surface area contributed by atoms with Crippen molar-refractivity contribution in [3.8, 4) is 0 Å². The molecular weight excluding hydrogens is 446 g/mol. The molecule has 5 nitrogen and oxygen atoms in total. The average molecular weight is 481 g/mol. The van der Waals surface area contributed by atoms with Crippen LogP contribution in [0.1, 0.15) is 62.0 Å². The smallest absolute Gasteiger partial charge is 0.153 e. The standard InChI is InChI=1S/C28H34F2N4O/c1-4-19-15-23-26(25(30)21(19)5-2)32-28(33-27(23)31)22-12-14-34(16-24(22)17(3)35)13-6-7-18-8-10-20(29)11-9-18/h8-11,15,22,24H,4-7,12-14,16H2,1-3H3,(H2,31,32,33). The van der Waals surface area contributed by atoms with Gasteiger partial charge in [0.1, 0.15) is 28.8 Å². The summed E-state index contributed by atoms with van der Waals surface area (Å²) < 4.78 is 28.5. The molecule has 0 radical (unpaired) electrons. The summed E-state index contributed by atoms with van der Waals surface area (Å²) in [4.78, 5) is 24.1. The van der Waals surface area contributed by atoms with Crippen LogP contribution in [0.25, 0.3) is 10.9 Å². The fourth-order valence-corrected chi connectivity index (χ4v) is 5.32. The molecular formula is C28H34F2N4O. The molecule has 0 spiro atoms. The second-order valence-corrected chi connectivity index (χ2v) is 9.54. The van der Waals surface area contributed by atoms with E-state index >= 15 is 4.39 Å². The minimum Gasteiger partial charge on any atom is -0.383 e. The molecule has 2 heterocycles. The van der Waals surface area contributed by atoms with Crippen LogP contribution in [0.2, 0.25) is 0 Å². The zero-order valence-corrected chi connectivity index (χ0v) is 20.8. The lowest BCUT2D eigenvalue weighted by Gasteiger charge is -2.37. The Labute approximate surface area is 205 Å². The van der Waals surface area contributed by atoms with Gasteiger partial charge >= 0.3 is 0 Å². The Bertz CT molecular complexity index is 1210. The highest BCUT2D eigenvalue weighted by atomic mass is 19.1. The average Bonchev–Trinajstić information content (AvgIpc) is 2.85. The molecule has 0 aliphatic carbocycles. The van der Waals surface area contributed by atoms with E-state index in [1.165, 1.54) is 12.1 Å². The van der Waals surface area contributed by atoms with Gasteiger partial charge in [-0.3, -0.25) is 4.79 Å². The molecule has 1 fully saturated rings. The molecule has 2 N–H and O–H groups in total. The SMILES string of the molecule is CCc1cc2c(N)nc(C3CCN(CCCc4ccc(F)cc4)CC3C(C)=O)nc2c(F)c1CC. The quantitative estimate of drug-likeness (QED) is 0.477. The Kier molecular flexibility index (Phi) is 7.75. The topological polar surface area (TPSA) is 72.1 Å². The van der Waals surface area contributed by atoms with Crippen molar-refractivity contribution in [2.45, 2.75) is 58.8 Å². The highest BCUT2D eigenvalue weighted by molar-refractivity contribution is 5.90. The van der Waals surface area contributed by atoms with Crippen LogP contribution in [0.15, 0.2) is 30.3 Å². The summed E-state index contributed by atoms with van der Waals surface area (Å²) in [7, 11) is 0. The summed E-state index contributed by atoms with van der Waals surface area (Å²) in [6.07, 6.45) is 3.78. The molecule has 35 heavy (non-hydrogen) atoms. The third-order valence-electron chi connectivity index (χ3n) is 7.31. The number of hydrogen-bond donors (Lipinski definition) is 1. The third kappa shape index (κ3) is 5.35. The first-order chi connectivity index (χ1) is 16.8. The minimum atomic E-state index is -0.324. The zero-order chi connectivity index (χ0) is 25.1. The van der Waals surface area contributed by atoms with E-state index in [4.69, 9.17) is 5.73 Å².